The van der Waals surface area contributed by atoms with Crippen molar-refractivity contribution in [2.75, 3.05) is 17.7 Å². The van der Waals surface area contributed by atoms with Gasteiger partial charge in [0.15, 0.2) is 5.82 Å². The van der Waals surface area contributed by atoms with Crippen molar-refractivity contribution in [3.05, 3.63) is 30.4 Å². The van der Waals surface area contributed by atoms with Gasteiger partial charge in [0.1, 0.15) is 12.1 Å². The monoisotopic (exact) mass is 261 g/mol. The standard InChI is InChI=1S/C13H19N5O/c1-4-19-12-7-10(5-6-11(12)14)16-9(2)13-17-15-8-18(13)3/h5-9,16H,4,14H2,1-3H3. The highest BCUT2D eigenvalue weighted by molar-refractivity contribution is 5.61. The van der Waals surface area contributed by atoms with Crippen molar-refractivity contribution in [1.29, 1.82) is 0 Å². The largest absolute Gasteiger partial charge is 0.492 e. The lowest BCUT2D eigenvalue weighted by atomic mass is 10.2. The van der Waals surface area contributed by atoms with Crippen molar-refractivity contribution < 1.29 is 4.74 Å². The molecule has 0 aliphatic heterocycles. The molecule has 0 radical (unpaired) electrons. The van der Waals surface area contributed by atoms with E-state index in [9.17, 15) is 0 Å². The average Bonchev–Trinajstić information content (AvgIpc) is 2.80. The summed E-state index contributed by atoms with van der Waals surface area (Å²) in [6, 6.07) is 5.69. The molecule has 1 unspecified atom stereocenters. The third-order valence-electron chi connectivity index (χ3n) is 2.83. The molecule has 0 bridgehead atoms. The molecule has 1 aromatic carbocycles. The molecular formula is C13H19N5O. The first-order valence-corrected chi connectivity index (χ1v) is 6.24. The second kappa shape index (κ2) is 5.60. The summed E-state index contributed by atoms with van der Waals surface area (Å²) < 4.78 is 7.36. The normalized spacial score (nSPS) is 12.2. The molecule has 6 heteroatoms. The number of aryl methyl sites for hydroxylation is 1. The molecule has 0 spiro atoms. The lowest BCUT2D eigenvalue weighted by Crippen LogP contribution is -2.12. The van der Waals surface area contributed by atoms with Crippen LogP contribution in [-0.2, 0) is 7.05 Å². The van der Waals surface area contributed by atoms with Gasteiger partial charge in [0.2, 0.25) is 0 Å². The molecule has 1 aromatic heterocycles. The zero-order chi connectivity index (χ0) is 13.8. The highest BCUT2D eigenvalue weighted by Crippen LogP contribution is 2.27. The fraction of sp³-hybridized carbons (Fsp3) is 0.385. The minimum absolute atomic E-state index is 0.0469. The van der Waals surface area contributed by atoms with E-state index in [0.29, 0.717) is 18.0 Å². The molecule has 0 saturated carbocycles. The van der Waals surface area contributed by atoms with Crippen LogP contribution < -0.4 is 15.8 Å². The van der Waals surface area contributed by atoms with E-state index in [2.05, 4.69) is 15.5 Å². The van der Waals surface area contributed by atoms with Crippen molar-refractivity contribution in [3.63, 3.8) is 0 Å². The maximum Gasteiger partial charge on any atom is 0.154 e. The predicted octanol–water partition coefficient (Wildman–Crippen LogP) is 1.97. The number of hydrogen-bond donors (Lipinski definition) is 2. The first kappa shape index (κ1) is 13.2. The van der Waals surface area contributed by atoms with E-state index in [1.807, 2.05) is 43.7 Å². The van der Waals surface area contributed by atoms with Gasteiger partial charge in [0.05, 0.1) is 18.3 Å². The quantitative estimate of drug-likeness (QED) is 0.804. The van der Waals surface area contributed by atoms with Crippen LogP contribution in [0.1, 0.15) is 25.7 Å². The van der Waals surface area contributed by atoms with Crippen molar-refractivity contribution in [2.24, 2.45) is 7.05 Å². The highest BCUT2D eigenvalue weighted by Gasteiger charge is 2.11. The van der Waals surface area contributed by atoms with Crippen LogP contribution in [0, 0.1) is 0 Å². The smallest absolute Gasteiger partial charge is 0.154 e. The molecule has 19 heavy (non-hydrogen) atoms. The van der Waals surface area contributed by atoms with Crippen LogP contribution in [-0.4, -0.2) is 21.4 Å². The second-order valence-electron chi connectivity index (χ2n) is 4.35. The van der Waals surface area contributed by atoms with Crippen LogP contribution in [0.25, 0.3) is 0 Å². The summed E-state index contributed by atoms with van der Waals surface area (Å²) in [5.41, 5.74) is 7.42. The SMILES string of the molecule is CCOc1cc(NC(C)c2nncn2C)ccc1N. The van der Waals surface area contributed by atoms with E-state index < -0.39 is 0 Å². The summed E-state index contributed by atoms with van der Waals surface area (Å²) in [6.07, 6.45) is 1.68. The summed E-state index contributed by atoms with van der Waals surface area (Å²) in [7, 11) is 1.92. The third-order valence-corrected chi connectivity index (χ3v) is 2.83. The number of nitrogens with zero attached hydrogens (tertiary/aromatic N) is 3. The molecule has 6 nitrogen and oxygen atoms in total. The van der Waals surface area contributed by atoms with Gasteiger partial charge in [0, 0.05) is 18.8 Å². The number of nitrogens with two attached hydrogens (primary N) is 1. The number of nitrogens with one attached hydrogen (secondary N) is 1. The van der Waals surface area contributed by atoms with Crippen LogP contribution in [0.15, 0.2) is 24.5 Å². The van der Waals surface area contributed by atoms with Crippen LogP contribution in [0.4, 0.5) is 11.4 Å². The van der Waals surface area contributed by atoms with Crippen LogP contribution in [0.3, 0.4) is 0 Å². The van der Waals surface area contributed by atoms with Gasteiger partial charge in [-0.15, -0.1) is 10.2 Å². The van der Waals surface area contributed by atoms with E-state index >= 15 is 0 Å². The van der Waals surface area contributed by atoms with Crippen LogP contribution >= 0.6 is 0 Å². The Bertz CT molecular complexity index is 552. The summed E-state index contributed by atoms with van der Waals surface area (Å²) in [5.74, 6) is 1.56. The predicted molar refractivity (Wildman–Crippen MR) is 75.1 cm³/mol. The molecule has 102 valence electrons. The van der Waals surface area contributed by atoms with Crippen molar-refractivity contribution in [3.8, 4) is 5.75 Å². The Labute approximate surface area is 112 Å². The third kappa shape index (κ3) is 2.96. The zero-order valence-corrected chi connectivity index (χ0v) is 11.4. The number of rotatable bonds is 5. The Kier molecular flexibility index (Phi) is 3.89. The molecule has 0 aliphatic carbocycles. The van der Waals surface area contributed by atoms with Crippen molar-refractivity contribution in [1.82, 2.24) is 14.8 Å². The van der Waals surface area contributed by atoms with Crippen LogP contribution in [0.5, 0.6) is 5.75 Å². The second-order valence-corrected chi connectivity index (χ2v) is 4.35. The lowest BCUT2D eigenvalue weighted by molar-refractivity contribution is 0.342. The molecule has 3 N–H and O–H groups in total. The first-order chi connectivity index (χ1) is 9.11. The summed E-state index contributed by atoms with van der Waals surface area (Å²) in [4.78, 5) is 0. The molecule has 1 atom stereocenters. The molecule has 2 rings (SSSR count). The van der Waals surface area contributed by atoms with Gasteiger partial charge < -0.3 is 20.4 Å². The van der Waals surface area contributed by atoms with Crippen LogP contribution in [0.2, 0.25) is 0 Å². The molecule has 0 saturated heterocycles. The van der Waals surface area contributed by atoms with Gasteiger partial charge in [-0.3, -0.25) is 0 Å². The molecule has 0 amide bonds. The van der Waals surface area contributed by atoms with Gasteiger partial charge in [-0.2, -0.15) is 0 Å². The maximum absolute atomic E-state index is 5.85. The first-order valence-electron chi connectivity index (χ1n) is 6.24. The van der Waals surface area contributed by atoms with Gasteiger partial charge in [0.25, 0.3) is 0 Å². The van der Waals surface area contributed by atoms with E-state index in [0.717, 1.165) is 11.5 Å². The topological polar surface area (TPSA) is 78.0 Å². The fourth-order valence-corrected chi connectivity index (χ4v) is 1.90. The number of ether oxygens (including phenoxy) is 1. The summed E-state index contributed by atoms with van der Waals surface area (Å²) in [5, 5.41) is 11.3. The number of anilines is 2. The summed E-state index contributed by atoms with van der Waals surface area (Å²) in [6.45, 7) is 4.55. The lowest BCUT2D eigenvalue weighted by Gasteiger charge is -2.16. The molecule has 1 heterocycles. The van der Waals surface area contributed by atoms with Crippen molar-refractivity contribution >= 4 is 11.4 Å². The number of aromatic nitrogens is 3. The zero-order valence-electron chi connectivity index (χ0n) is 11.4. The fourth-order valence-electron chi connectivity index (χ4n) is 1.90. The van der Waals surface area contributed by atoms with E-state index in [1.165, 1.54) is 0 Å². The van der Waals surface area contributed by atoms with Gasteiger partial charge in [-0.25, -0.2) is 0 Å². The Morgan fingerprint density at radius 2 is 2.26 bits per heavy atom. The van der Waals surface area contributed by atoms with Gasteiger partial charge in [-0.05, 0) is 26.0 Å². The average molecular weight is 261 g/mol. The number of hydrogen-bond acceptors (Lipinski definition) is 5. The van der Waals surface area contributed by atoms with Crippen molar-refractivity contribution in [2.45, 2.75) is 19.9 Å². The Hall–Kier alpha value is -2.24. The Morgan fingerprint density at radius 1 is 1.47 bits per heavy atom. The molecular weight excluding hydrogens is 242 g/mol. The number of benzene rings is 1. The van der Waals surface area contributed by atoms with E-state index in [1.54, 1.807) is 6.33 Å². The minimum Gasteiger partial charge on any atom is -0.492 e. The van der Waals surface area contributed by atoms with E-state index in [4.69, 9.17) is 10.5 Å². The summed E-state index contributed by atoms with van der Waals surface area (Å²) >= 11 is 0. The molecule has 0 aliphatic rings. The molecule has 0 fully saturated rings. The van der Waals surface area contributed by atoms with Gasteiger partial charge >= 0.3 is 0 Å². The molecule has 2 aromatic rings. The minimum atomic E-state index is 0.0469. The number of nitrogen functional groups attached to an aromatic ring is 1. The highest BCUT2D eigenvalue weighted by atomic mass is 16.5. The van der Waals surface area contributed by atoms with Gasteiger partial charge in [-0.1, -0.05) is 0 Å². The van der Waals surface area contributed by atoms with E-state index in [-0.39, 0.29) is 6.04 Å². The Morgan fingerprint density at radius 3 is 2.89 bits per heavy atom. The Balaban J connectivity index is 2.15. The maximum atomic E-state index is 5.85.